The van der Waals surface area contributed by atoms with E-state index in [2.05, 4.69) is 5.32 Å². The first-order valence-electron chi connectivity index (χ1n) is 9.11. The first-order valence-corrected chi connectivity index (χ1v) is 11.0. The minimum absolute atomic E-state index is 0.0245. The van der Waals surface area contributed by atoms with Crippen LogP contribution in [-0.4, -0.2) is 26.7 Å². The SMILES string of the molecule is CS(=O)(=O)Nc1c(F)cc(CNC(=O)C2CC=C(c3cccc(C(F)(F)F)c3)O2)cc1F. The Morgan fingerprint density at radius 2 is 1.81 bits per heavy atom. The van der Waals surface area contributed by atoms with Crippen molar-refractivity contribution in [3.8, 4) is 0 Å². The summed E-state index contributed by atoms with van der Waals surface area (Å²) in [6.45, 7) is -0.287. The molecule has 6 nitrogen and oxygen atoms in total. The zero-order chi connectivity index (χ0) is 23.7. The van der Waals surface area contributed by atoms with E-state index >= 15 is 0 Å². The molecule has 2 N–H and O–H groups in total. The number of alkyl halides is 3. The summed E-state index contributed by atoms with van der Waals surface area (Å²) >= 11 is 0. The van der Waals surface area contributed by atoms with Gasteiger partial charge in [0.2, 0.25) is 10.0 Å². The van der Waals surface area contributed by atoms with E-state index in [1.807, 2.05) is 0 Å². The molecule has 1 heterocycles. The lowest BCUT2D eigenvalue weighted by molar-refractivity contribution is -0.137. The Kier molecular flexibility index (Phi) is 6.44. The van der Waals surface area contributed by atoms with Gasteiger partial charge in [-0.3, -0.25) is 9.52 Å². The van der Waals surface area contributed by atoms with E-state index in [-0.39, 0.29) is 29.9 Å². The average molecular weight is 476 g/mol. The molecule has 1 unspecified atom stereocenters. The Morgan fingerprint density at radius 3 is 2.41 bits per heavy atom. The summed E-state index contributed by atoms with van der Waals surface area (Å²) in [5.74, 6) is -2.84. The fourth-order valence-electron chi connectivity index (χ4n) is 2.97. The third kappa shape index (κ3) is 5.75. The number of anilines is 1. The van der Waals surface area contributed by atoms with Gasteiger partial charge in [0.25, 0.3) is 5.91 Å². The lowest BCUT2D eigenvalue weighted by Crippen LogP contribution is -2.34. The summed E-state index contributed by atoms with van der Waals surface area (Å²) in [4.78, 5) is 12.3. The van der Waals surface area contributed by atoms with Crippen molar-refractivity contribution in [2.24, 2.45) is 0 Å². The van der Waals surface area contributed by atoms with Crippen molar-refractivity contribution >= 4 is 27.4 Å². The van der Waals surface area contributed by atoms with Crippen LogP contribution in [-0.2, 0) is 32.3 Å². The van der Waals surface area contributed by atoms with Gasteiger partial charge < -0.3 is 10.1 Å². The Hall–Kier alpha value is -3.15. The van der Waals surface area contributed by atoms with Crippen molar-refractivity contribution in [2.75, 3.05) is 11.0 Å². The molecule has 0 saturated carbocycles. The molecule has 0 bridgehead atoms. The summed E-state index contributed by atoms with van der Waals surface area (Å²) in [7, 11) is -3.90. The van der Waals surface area contributed by atoms with Crippen molar-refractivity contribution in [3.63, 3.8) is 0 Å². The number of ether oxygens (including phenoxy) is 1. The summed E-state index contributed by atoms with van der Waals surface area (Å²) in [6, 6.07) is 6.18. The maximum absolute atomic E-state index is 14.0. The van der Waals surface area contributed by atoms with Gasteiger partial charge in [0.1, 0.15) is 11.4 Å². The molecule has 0 aromatic heterocycles. The molecule has 12 heteroatoms. The quantitative estimate of drug-likeness (QED) is 0.622. The van der Waals surface area contributed by atoms with Crippen LogP contribution < -0.4 is 10.0 Å². The van der Waals surface area contributed by atoms with Crippen LogP contribution in [0.4, 0.5) is 27.6 Å². The zero-order valence-electron chi connectivity index (χ0n) is 16.5. The van der Waals surface area contributed by atoms with Gasteiger partial charge in [0.15, 0.2) is 17.7 Å². The normalized spacial score (nSPS) is 16.3. The summed E-state index contributed by atoms with van der Waals surface area (Å²) < 4.78 is 96.2. The lowest BCUT2D eigenvalue weighted by atomic mass is 10.1. The number of hydrogen-bond acceptors (Lipinski definition) is 4. The van der Waals surface area contributed by atoms with Gasteiger partial charge in [-0.05, 0) is 35.9 Å². The molecule has 0 spiro atoms. The lowest BCUT2D eigenvalue weighted by Gasteiger charge is -2.15. The van der Waals surface area contributed by atoms with Gasteiger partial charge in [-0.15, -0.1) is 0 Å². The van der Waals surface area contributed by atoms with E-state index in [1.54, 1.807) is 4.72 Å². The van der Waals surface area contributed by atoms with Crippen LogP contribution in [0.1, 0.15) is 23.1 Å². The first kappa shape index (κ1) is 23.5. The van der Waals surface area contributed by atoms with Gasteiger partial charge >= 0.3 is 6.18 Å². The summed E-state index contributed by atoms with van der Waals surface area (Å²) in [5.41, 5.74) is -1.51. The monoisotopic (exact) mass is 476 g/mol. The minimum Gasteiger partial charge on any atom is -0.480 e. The Morgan fingerprint density at radius 1 is 1.16 bits per heavy atom. The van der Waals surface area contributed by atoms with Gasteiger partial charge in [0, 0.05) is 18.5 Å². The van der Waals surface area contributed by atoms with E-state index < -0.39 is 51.1 Å². The molecule has 3 rings (SSSR count). The highest BCUT2D eigenvalue weighted by Crippen LogP contribution is 2.33. The van der Waals surface area contributed by atoms with Crippen LogP contribution in [0, 0.1) is 11.6 Å². The molecule has 2 aromatic carbocycles. The second-order valence-corrected chi connectivity index (χ2v) is 8.76. The van der Waals surface area contributed by atoms with E-state index in [0.717, 1.165) is 30.5 Å². The fraction of sp³-hybridized carbons (Fsp3) is 0.250. The highest BCUT2D eigenvalue weighted by molar-refractivity contribution is 7.92. The molecule has 1 aliphatic heterocycles. The molecule has 1 aliphatic rings. The minimum atomic E-state index is -4.52. The Bertz CT molecular complexity index is 1160. The number of benzene rings is 2. The van der Waals surface area contributed by atoms with Crippen molar-refractivity contribution in [3.05, 3.63) is 70.8 Å². The van der Waals surface area contributed by atoms with Crippen LogP contribution in [0.2, 0.25) is 0 Å². The molecule has 0 radical (unpaired) electrons. The summed E-state index contributed by atoms with van der Waals surface area (Å²) in [6.07, 6.45) is -3.24. The second kappa shape index (κ2) is 8.77. The van der Waals surface area contributed by atoms with Gasteiger partial charge in [-0.2, -0.15) is 13.2 Å². The molecule has 1 amide bonds. The molecule has 2 aromatic rings. The Balaban J connectivity index is 1.62. The van der Waals surface area contributed by atoms with Crippen LogP contribution in [0.5, 0.6) is 0 Å². The molecule has 0 aliphatic carbocycles. The Labute approximate surface area is 180 Å². The molecule has 0 saturated heterocycles. The predicted octanol–water partition coefficient (Wildman–Crippen LogP) is 3.80. The van der Waals surface area contributed by atoms with Crippen LogP contribution in [0.15, 0.2) is 42.5 Å². The summed E-state index contributed by atoms with van der Waals surface area (Å²) in [5, 5.41) is 2.42. The zero-order valence-corrected chi connectivity index (χ0v) is 17.3. The molecule has 32 heavy (non-hydrogen) atoms. The standard InChI is InChI=1S/C20H17F5N2O4S/c1-32(29,30)27-18-14(21)7-11(8-15(18)22)10-26-19(28)17-6-5-16(31-17)12-3-2-4-13(9-12)20(23,24)25/h2-5,7-9,17,27H,6,10H2,1H3,(H,26,28). The van der Waals surface area contributed by atoms with Crippen molar-refractivity contribution in [1.29, 1.82) is 0 Å². The topological polar surface area (TPSA) is 84.5 Å². The largest absolute Gasteiger partial charge is 0.480 e. The first-order chi connectivity index (χ1) is 14.8. The van der Waals surface area contributed by atoms with E-state index in [4.69, 9.17) is 4.74 Å². The molecular weight excluding hydrogens is 459 g/mol. The molecule has 172 valence electrons. The van der Waals surface area contributed by atoms with Gasteiger partial charge in [0.05, 0.1) is 11.8 Å². The number of amides is 1. The van der Waals surface area contributed by atoms with Crippen LogP contribution >= 0.6 is 0 Å². The maximum Gasteiger partial charge on any atom is 0.416 e. The van der Waals surface area contributed by atoms with Gasteiger partial charge in [-0.25, -0.2) is 17.2 Å². The van der Waals surface area contributed by atoms with Crippen molar-refractivity contribution in [2.45, 2.75) is 25.2 Å². The van der Waals surface area contributed by atoms with E-state index in [0.29, 0.717) is 0 Å². The number of sulfonamides is 1. The third-order valence-corrected chi connectivity index (χ3v) is 4.98. The predicted molar refractivity (Wildman–Crippen MR) is 106 cm³/mol. The number of carbonyl (C=O) groups is 1. The van der Waals surface area contributed by atoms with E-state index in [1.165, 1.54) is 18.2 Å². The number of nitrogens with one attached hydrogen (secondary N) is 2. The molecule has 1 atom stereocenters. The van der Waals surface area contributed by atoms with Gasteiger partial charge in [-0.1, -0.05) is 12.1 Å². The second-order valence-electron chi connectivity index (χ2n) is 7.02. The third-order valence-electron chi connectivity index (χ3n) is 4.41. The molecule has 0 fully saturated rings. The van der Waals surface area contributed by atoms with Crippen molar-refractivity contribution in [1.82, 2.24) is 5.32 Å². The number of hydrogen-bond donors (Lipinski definition) is 2. The number of rotatable bonds is 6. The fourth-order valence-corrected chi connectivity index (χ4v) is 3.54. The highest BCUT2D eigenvalue weighted by Gasteiger charge is 2.32. The highest BCUT2D eigenvalue weighted by atomic mass is 32.2. The number of halogens is 5. The van der Waals surface area contributed by atoms with Crippen molar-refractivity contribution < 1.29 is 39.9 Å². The maximum atomic E-state index is 14.0. The van der Waals surface area contributed by atoms with E-state index in [9.17, 15) is 35.2 Å². The smallest absolute Gasteiger partial charge is 0.416 e. The van der Waals surface area contributed by atoms with Crippen LogP contribution in [0.3, 0.4) is 0 Å². The van der Waals surface area contributed by atoms with Crippen LogP contribution in [0.25, 0.3) is 5.76 Å². The molecular formula is C20H17F5N2O4S. The average Bonchev–Trinajstić information content (AvgIpc) is 3.18. The number of carbonyl (C=O) groups excluding carboxylic acids is 1.